The van der Waals surface area contributed by atoms with Crippen LogP contribution in [0.5, 0.6) is 0 Å². The van der Waals surface area contributed by atoms with Gasteiger partial charge in [-0.05, 0) is 47.6 Å². The molecule has 0 spiro atoms. The van der Waals surface area contributed by atoms with Crippen molar-refractivity contribution in [2.24, 2.45) is 0 Å². The lowest BCUT2D eigenvalue weighted by Gasteiger charge is -2.06. The van der Waals surface area contributed by atoms with Gasteiger partial charge in [-0.3, -0.25) is 0 Å². The van der Waals surface area contributed by atoms with Gasteiger partial charge in [-0.1, -0.05) is 19.9 Å². The van der Waals surface area contributed by atoms with Crippen LogP contribution in [0.15, 0.2) is 27.0 Å². The smallest absolute Gasteiger partial charge is 0.198 e. The van der Waals surface area contributed by atoms with Crippen LogP contribution in [-0.4, -0.2) is 24.1 Å². The second kappa shape index (κ2) is 6.33. The Bertz CT molecular complexity index is 786. The molecule has 0 aromatic carbocycles. The predicted octanol–water partition coefficient (Wildman–Crippen LogP) is 4.39. The molecule has 1 aliphatic carbocycles. The molecule has 1 aliphatic rings. The SMILES string of the molecule is CC(C)c1nsc(Sc2nnc(Cc3cccs3)n2C2CC2)n1. The summed E-state index contributed by atoms with van der Waals surface area (Å²) >= 11 is 4.81. The summed E-state index contributed by atoms with van der Waals surface area (Å²) in [5, 5.41) is 11.9. The van der Waals surface area contributed by atoms with Gasteiger partial charge in [0.1, 0.15) is 11.6 Å². The van der Waals surface area contributed by atoms with E-state index >= 15 is 0 Å². The van der Waals surface area contributed by atoms with Crippen LogP contribution in [-0.2, 0) is 6.42 Å². The Balaban J connectivity index is 1.59. The van der Waals surface area contributed by atoms with Crippen LogP contribution in [0, 0.1) is 0 Å². The number of aromatic nitrogens is 5. The van der Waals surface area contributed by atoms with Crippen LogP contribution in [0.1, 0.15) is 55.2 Å². The van der Waals surface area contributed by atoms with Crippen molar-refractivity contribution in [2.75, 3.05) is 0 Å². The number of hydrogen-bond acceptors (Lipinski definition) is 7. The average Bonchev–Trinajstić information content (AvgIpc) is 2.94. The van der Waals surface area contributed by atoms with E-state index in [0.29, 0.717) is 12.0 Å². The summed E-state index contributed by atoms with van der Waals surface area (Å²) in [5.41, 5.74) is 0. The number of hydrogen-bond donors (Lipinski definition) is 0. The molecule has 1 fully saturated rings. The fourth-order valence-corrected chi connectivity index (χ4v) is 4.81. The molecule has 0 radical (unpaired) electrons. The van der Waals surface area contributed by atoms with Gasteiger partial charge in [-0.15, -0.1) is 21.5 Å². The zero-order chi connectivity index (χ0) is 15.8. The summed E-state index contributed by atoms with van der Waals surface area (Å²) in [4.78, 5) is 5.93. The summed E-state index contributed by atoms with van der Waals surface area (Å²) in [6.07, 6.45) is 3.29. The number of thiophene rings is 1. The Labute approximate surface area is 147 Å². The first-order valence-corrected chi connectivity index (χ1v) is 10.2. The highest BCUT2D eigenvalue weighted by Crippen LogP contribution is 2.41. The third-order valence-corrected chi connectivity index (χ3v) is 6.28. The van der Waals surface area contributed by atoms with Crippen LogP contribution in [0.4, 0.5) is 0 Å². The predicted molar refractivity (Wildman–Crippen MR) is 93.5 cm³/mol. The molecule has 4 rings (SSSR count). The Hall–Kier alpha value is -1.25. The highest BCUT2D eigenvalue weighted by Gasteiger charge is 2.30. The first-order valence-electron chi connectivity index (χ1n) is 7.68. The largest absolute Gasteiger partial charge is 0.302 e. The van der Waals surface area contributed by atoms with Gasteiger partial charge in [-0.2, -0.15) is 4.37 Å². The molecule has 0 bridgehead atoms. The minimum atomic E-state index is 0.358. The molecule has 0 N–H and O–H groups in total. The Morgan fingerprint density at radius 3 is 2.87 bits per heavy atom. The van der Waals surface area contributed by atoms with Crippen molar-refractivity contribution in [1.29, 1.82) is 0 Å². The highest BCUT2D eigenvalue weighted by molar-refractivity contribution is 8.00. The number of rotatable bonds is 6. The maximum atomic E-state index is 4.60. The van der Waals surface area contributed by atoms with Crippen LogP contribution in [0.2, 0.25) is 0 Å². The van der Waals surface area contributed by atoms with E-state index in [1.54, 1.807) is 23.1 Å². The fraction of sp³-hybridized carbons (Fsp3) is 0.467. The monoisotopic (exact) mass is 363 g/mol. The average molecular weight is 364 g/mol. The van der Waals surface area contributed by atoms with E-state index in [2.05, 4.69) is 55.5 Å². The first-order chi connectivity index (χ1) is 11.2. The molecule has 0 atom stereocenters. The van der Waals surface area contributed by atoms with Gasteiger partial charge in [0, 0.05) is 23.3 Å². The second-order valence-corrected chi connectivity index (χ2v) is 8.93. The lowest BCUT2D eigenvalue weighted by molar-refractivity contribution is 0.635. The molecular weight excluding hydrogens is 346 g/mol. The van der Waals surface area contributed by atoms with E-state index in [-0.39, 0.29) is 0 Å². The van der Waals surface area contributed by atoms with Crippen molar-refractivity contribution < 1.29 is 0 Å². The minimum Gasteiger partial charge on any atom is -0.302 e. The molecule has 3 aromatic heterocycles. The zero-order valence-corrected chi connectivity index (χ0v) is 15.4. The van der Waals surface area contributed by atoms with Crippen LogP contribution in [0.25, 0.3) is 0 Å². The summed E-state index contributed by atoms with van der Waals surface area (Å²) < 4.78 is 7.68. The first kappa shape index (κ1) is 15.3. The normalized spacial score (nSPS) is 14.7. The van der Waals surface area contributed by atoms with Gasteiger partial charge in [0.15, 0.2) is 9.50 Å². The third-order valence-electron chi connectivity index (χ3n) is 3.68. The van der Waals surface area contributed by atoms with E-state index in [1.165, 1.54) is 29.3 Å². The molecule has 8 heteroatoms. The van der Waals surface area contributed by atoms with Crippen LogP contribution < -0.4 is 0 Å². The van der Waals surface area contributed by atoms with E-state index in [1.807, 2.05) is 0 Å². The second-order valence-electron chi connectivity index (χ2n) is 5.93. The zero-order valence-electron chi connectivity index (χ0n) is 13.0. The van der Waals surface area contributed by atoms with Crippen molar-refractivity contribution >= 4 is 34.6 Å². The molecule has 5 nitrogen and oxygen atoms in total. The van der Waals surface area contributed by atoms with E-state index in [9.17, 15) is 0 Å². The Morgan fingerprint density at radius 2 is 2.22 bits per heavy atom. The van der Waals surface area contributed by atoms with E-state index in [0.717, 1.165) is 27.6 Å². The molecule has 0 unspecified atom stereocenters. The maximum absolute atomic E-state index is 4.60. The lowest BCUT2D eigenvalue weighted by Crippen LogP contribution is -2.03. The maximum Gasteiger partial charge on any atom is 0.198 e. The van der Waals surface area contributed by atoms with Crippen molar-refractivity contribution in [1.82, 2.24) is 24.1 Å². The minimum absolute atomic E-state index is 0.358. The number of nitrogens with zero attached hydrogens (tertiary/aromatic N) is 5. The molecule has 120 valence electrons. The molecule has 0 amide bonds. The van der Waals surface area contributed by atoms with Gasteiger partial charge >= 0.3 is 0 Å². The van der Waals surface area contributed by atoms with Crippen LogP contribution >= 0.6 is 34.6 Å². The molecule has 0 saturated heterocycles. The summed E-state index contributed by atoms with van der Waals surface area (Å²) in [7, 11) is 0. The van der Waals surface area contributed by atoms with Gasteiger partial charge in [-0.25, -0.2) is 4.98 Å². The van der Waals surface area contributed by atoms with Crippen molar-refractivity contribution in [3.05, 3.63) is 34.0 Å². The fourth-order valence-electron chi connectivity index (χ4n) is 2.34. The van der Waals surface area contributed by atoms with Gasteiger partial charge in [0.25, 0.3) is 0 Å². The molecular formula is C15H17N5S3. The standard InChI is InChI=1S/C15H17N5S3/c1-9(2)13-16-15(23-19-13)22-14-18-17-12(20(14)10-5-6-10)8-11-4-3-7-21-11/h3-4,7,9-10H,5-6,8H2,1-2H3. The third kappa shape index (κ3) is 3.34. The summed E-state index contributed by atoms with van der Waals surface area (Å²) in [5.74, 6) is 2.33. The van der Waals surface area contributed by atoms with Crippen molar-refractivity contribution in [3.8, 4) is 0 Å². The van der Waals surface area contributed by atoms with E-state index in [4.69, 9.17) is 0 Å². The van der Waals surface area contributed by atoms with E-state index < -0.39 is 0 Å². The molecule has 3 heterocycles. The molecule has 3 aromatic rings. The highest BCUT2D eigenvalue weighted by atomic mass is 32.2. The van der Waals surface area contributed by atoms with Crippen molar-refractivity contribution in [2.45, 2.75) is 54.6 Å². The summed E-state index contributed by atoms with van der Waals surface area (Å²) in [6, 6.07) is 4.80. The van der Waals surface area contributed by atoms with Crippen molar-refractivity contribution in [3.63, 3.8) is 0 Å². The van der Waals surface area contributed by atoms with Gasteiger partial charge in [0.2, 0.25) is 0 Å². The lowest BCUT2D eigenvalue weighted by atomic mass is 10.2. The Morgan fingerprint density at radius 1 is 1.35 bits per heavy atom. The summed E-state index contributed by atoms with van der Waals surface area (Å²) in [6.45, 7) is 4.23. The van der Waals surface area contributed by atoms with Gasteiger partial charge < -0.3 is 4.57 Å². The molecule has 0 aliphatic heterocycles. The molecule has 1 saturated carbocycles. The Kier molecular flexibility index (Phi) is 4.21. The quantitative estimate of drug-likeness (QED) is 0.650. The molecule has 23 heavy (non-hydrogen) atoms. The topological polar surface area (TPSA) is 56.5 Å². The van der Waals surface area contributed by atoms with Crippen LogP contribution in [0.3, 0.4) is 0 Å². The van der Waals surface area contributed by atoms with Gasteiger partial charge in [0.05, 0.1) is 0 Å².